The molecular formula is C51H40O5S. The maximum atomic E-state index is 12.4. The van der Waals surface area contributed by atoms with E-state index in [0.717, 1.165) is 0 Å². The minimum atomic E-state index is -1.36. The lowest BCUT2D eigenvalue weighted by Gasteiger charge is -2.23. The van der Waals surface area contributed by atoms with Crippen molar-refractivity contribution in [3.8, 4) is 45.6 Å². The summed E-state index contributed by atoms with van der Waals surface area (Å²) in [7, 11) is -0.0312. The van der Waals surface area contributed by atoms with Gasteiger partial charge < -0.3 is 24.1 Å². The van der Waals surface area contributed by atoms with Gasteiger partial charge in [-0.2, -0.15) is 0 Å². The number of aromatic carboxylic acids is 1. The normalized spacial score (nSPS) is 10.6. The van der Waals surface area contributed by atoms with E-state index in [1.165, 1.54) is 31.9 Å². The summed E-state index contributed by atoms with van der Waals surface area (Å²) >= 11 is 0. The summed E-state index contributed by atoms with van der Waals surface area (Å²) in [5, 5.41) is 12.4. The van der Waals surface area contributed by atoms with Crippen LogP contribution in [0, 0.1) is 13.8 Å². The Balaban J connectivity index is 0.000000200. The maximum absolute atomic E-state index is 12.4. The van der Waals surface area contributed by atoms with Gasteiger partial charge in [0.1, 0.15) is 17.2 Å². The quantitative estimate of drug-likeness (QED) is 0.123. The number of rotatable bonds is 11. The zero-order valence-electron chi connectivity index (χ0n) is 31.6. The van der Waals surface area contributed by atoms with Gasteiger partial charge >= 0.3 is 0 Å². The van der Waals surface area contributed by atoms with Crippen molar-refractivity contribution in [2.75, 3.05) is 0 Å². The van der Waals surface area contributed by atoms with Crippen molar-refractivity contribution in [1.29, 1.82) is 0 Å². The molecule has 0 saturated heterocycles. The molecular weight excluding hydrogens is 725 g/mol. The van der Waals surface area contributed by atoms with Crippen molar-refractivity contribution in [3.63, 3.8) is 0 Å². The third-order valence-corrected chi connectivity index (χ3v) is 11.1. The summed E-state index contributed by atoms with van der Waals surface area (Å²) in [5.41, 5.74) is 3.48. The highest BCUT2D eigenvalue weighted by Crippen LogP contribution is 2.51. The second-order valence-electron chi connectivity index (χ2n) is 13.1. The summed E-state index contributed by atoms with van der Waals surface area (Å²) in [6.07, 6.45) is 0. The van der Waals surface area contributed by atoms with Gasteiger partial charge in [0, 0.05) is 11.1 Å². The Morgan fingerprint density at radius 3 is 1.25 bits per heavy atom. The van der Waals surface area contributed by atoms with Crippen molar-refractivity contribution >= 4 is 16.9 Å². The first-order chi connectivity index (χ1) is 27.9. The van der Waals surface area contributed by atoms with Gasteiger partial charge in [-0.05, 0) is 98.3 Å². The summed E-state index contributed by atoms with van der Waals surface area (Å²) in [5.74, 6) is 0.799. The number of carboxylic acids is 1. The molecule has 8 aromatic carbocycles. The summed E-state index contributed by atoms with van der Waals surface area (Å²) in [6.45, 7) is 4.27. The molecule has 0 aliphatic heterocycles. The lowest BCUT2D eigenvalue weighted by atomic mass is 9.97. The van der Waals surface area contributed by atoms with Crippen LogP contribution in [0.2, 0.25) is 0 Å². The molecule has 0 N–H and O–H groups in total. The number of para-hydroxylation sites is 3. The lowest BCUT2D eigenvalue weighted by molar-refractivity contribution is -0.255. The molecule has 280 valence electrons. The summed E-state index contributed by atoms with van der Waals surface area (Å²) in [6, 6.07) is 66.5. The van der Waals surface area contributed by atoms with Crippen LogP contribution in [-0.2, 0) is 10.9 Å². The maximum Gasteiger partial charge on any atom is 0.213 e. The third-order valence-electron chi connectivity index (χ3n) is 8.87. The second-order valence-corrected chi connectivity index (χ2v) is 15.1. The van der Waals surface area contributed by atoms with Crippen LogP contribution in [0.1, 0.15) is 21.5 Å². The highest BCUT2D eigenvalue weighted by atomic mass is 32.2. The molecule has 0 atom stereocenters. The van der Waals surface area contributed by atoms with Gasteiger partial charge in [-0.25, -0.2) is 0 Å². The van der Waals surface area contributed by atoms with Crippen molar-refractivity contribution in [1.82, 2.24) is 0 Å². The van der Waals surface area contributed by atoms with Gasteiger partial charge in [0.15, 0.2) is 26.2 Å². The fourth-order valence-corrected chi connectivity index (χ4v) is 8.14. The van der Waals surface area contributed by atoms with Gasteiger partial charge in [-0.15, -0.1) is 0 Å². The Kier molecular flexibility index (Phi) is 12.4. The number of carboxylic acid groups (broad SMARTS) is 1. The van der Waals surface area contributed by atoms with Crippen LogP contribution >= 0.6 is 0 Å². The van der Waals surface area contributed by atoms with E-state index in [9.17, 15) is 9.90 Å². The van der Waals surface area contributed by atoms with Gasteiger partial charge in [0.2, 0.25) is 5.75 Å². The lowest BCUT2D eigenvalue weighted by Crippen LogP contribution is -2.23. The van der Waals surface area contributed by atoms with E-state index in [4.69, 9.17) is 14.2 Å². The molecule has 0 saturated carbocycles. The molecule has 0 radical (unpaired) electrons. The number of hydrogen-bond acceptors (Lipinski definition) is 5. The van der Waals surface area contributed by atoms with E-state index in [1.54, 1.807) is 36.4 Å². The number of ether oxygens (including phenoxy) is 3. The first kappa shape index (κ1) is 38.3. The van der Waals surface area contributed by atoms with Gasteiger partial charge in [0.25, 0.3) is 0 Å². The minimum Gasteiger partial charge on any atom is -0.545 e. The molecule has 0 unspecified atom stereocenters. The molecule has 0 amide bonds. The molecule has 57 heavy (non-hydrogen) atoms. The minimum absolute atomic E-state index is 0.0312. The largest absolute Gasteiger partial charge is 0.545 e. The van der Waals surface area contributed by atoms with E-state index in [2.05, 4.69) is 92.7 Å². The number of aryl methyl sites for hydroxylation is 2. The Hall–Kier alpha value is -7.02. The average Bonchev–Trinajstić information content (AvgIpc) is 3.25. The Bertz CT molecular complexity index is 2450. The number of carbonyl (C=O) groups is 1. The standard InChI is InChI=1S/C31H22O5.C20H19S/c32-31(33)26-21-27(34-23-15-7-2-8-16-23)29(35-24-17-9-3-10-18-24)30(36-25-19-11-4-12-20-25)28(26)22-13-5-1-6-14-22;1-16-8-12-19(13-9-16)21(18-6-4-3-5-7-18)20-14-10-17(2)11-15-20/h1-21H,(H,32,33);3-15H,1-2H3/q;+1/p-1. The van der Waals surface area contributed by atoms with Gasteiger partial charge in [0.05, 0.1) is 16.9 Å². The van der Waals surface area contributed by atoms with E-state index in [1.807, 2.05) is 84.9 Å². The number of carbonyl (C=O) groups excluding carboxylic acids is 1. The van der Waals surface area contributed by atoms with E-state index < -0.39 is 5.97 Å². The SMILES string of the molecule is Cc1ccc([S+](c2ccccc2)c2ccc(C)cc2)cc1.O=C([O-])c1cc(Oc2ccccc2)c(Oc2ccccc2)c(Oc2ccccc2)c1-c1ccccc1. The van der Waals surface area contributed by atoms with E-state index in [0.29, 0.717) is 28.4 Å². The van der Waals surface area contributed by atoms with Crippen LogP contribution in [0.15, 0.2) is 221 Å². The topological polar surface area (TPSA) is 67.8 Å². The average molecular weight is 765 g/mol. The van der Waals surface area contributed by atoms with Crippen LogP contribution in [0.25, 0.3) is 11.1 Å². The van der Waals surface area contributed by atoms with E-state index >= 15 is 0 Å². The molecule has 0 aromatic heterocycles. The van der Waals surface area contributed by atoms with Crippen LogP contribution in [0.3, 0.4) is 0 Å². The number of hydrogen-bond donors (Lipinski definition) is 0. The molecule has 0 fully saturated rings. The molecule has 0 aliphatic carbocycles. The second kappa shape index (κ2) is 18.5. The van der Waals surface area contributed by atoms with Crippen molar-refractivity contribution in [2.24, 2.45) is 0 Å². The van der Waals surface area contributed by atoms with Gasteiger partial charge in [-0.3, -0.25) is 0 Å². The van der Waals surface area contributed by atoms with Crippen molar-refractivity contribution in [2.45, 2.75) is 28.5 Å². The molecule has 6 heteroatoms. The van der Waals surface area contributed by atoms with Crippen LogP contribution < -0.4 is 19.3 Å². The zero-order chi connectivity index (χ0) is 39.4. The first-order valence-electron chi connectivity index (χ1n) is 18.5. The summed E-state index contributed by atoms with van der Waals surface area (Å²) in [4.78, 5) is 16.5. The smallest absolute Gasteiger partial charge is 0.213 e. The highest BCUT2D eigenvalue weighted by molar-refractivity contribution is 7.97. The van der Waals surface area contributed by atoms with Crippen LogP contribution in [0.4, 0.5) is 0 Å². The van der Waals surface area contributed by atoms with Crippen LogP contribution in [0.5, 0.6) is 34.5 Å². The fourth-order valence-electron chi connectivity index (χ4n) is 6.08. The van der Waals surface area contributed by atoms with Crippen LogP contribution in [-0.4, -0.2) is 5.97 Å². The van der Waals surface area contributed by atoms with Crippen molar-refractivity contribution in [3.05, 3.63) is 223 Å². The molecule has 0 spiro atoms. The molecule has 8 aromatic rings. The fraction of sp³-hybridized carbons (Fsp3) is 0.0392. The molecule has 0 heterocycles. The van der Waals surface area contributed by atoms with Crippen molar-refractivity contribution < 1.29 is 24.1 Å². The Morgan fingerprint density at radius 2 is 0.807 bits per heavy atom. The molecule has 8 rings (SSSR count). The highest BCUT2D eigenvalue weighted by Gasteiger charge is 2.28. The van der Waals surface area contributed by atoms with Gasteiger partial charge in [-0.1, -0.05) is 139 Å². The summed E-state index contributed by atoms with van der Waals surface area (Å²) < 4.78 is 18.8. The first-order valence-corrected chi connectivity index (χ1v) is 19.7. The predicted octanol–water partition coefficient (Wildman–Crippen LogP) is 12.5. The predicted molar refractivity (Wildman–Crippen MR) is 227 cm³/mol. The molecule has 5 nitrogen and oxygen atoms in total. The number of benzene rings is 8. The molecule has 0 aliphatic rings. The monoisotopic (exact) mass is 764 g/mol. The Labute approximate surface area is 336 Å². The Morgan fingerprint density at radius 1 is 0.439 bits per heavy atom. The third kappa shape index (κ3) is 9.81. The molecule has 0 bridgehead atoms. The zero-order valence-corrected chi connectivity index (χ0v) is 32.4. The van der Waals surface area contributed by atoms with E-state index in [-0.39, 0.29) is 33.7 Å².